The van der Waals surface area contributed by atoms with Crippen LogP contribution in [0.1, 0.15) is 42.5 Å². The van der Waals surface area contributed by atoms with Gasteiger partial charge in [0.05, 0.1) is 29.0 Å². The number of ether oxygens (including phenoxy) is 3. The van der Waals surface area contributed by atoms with Gasteiger partial charge in [-0.2, -0.15) is 0 Å². The average Bonchev–Trinajstić information content (AvgIpc) is 3.44. The molecule has 2 N–H and O–H groups in total. The van der Waals surface area contributed by atoms with E-state index in [-0.39, 0.29) is 25.4 Å². The van der Waals surface area contributed by atoms with Crippen LogP contribution < -0.4 is 20.3 Å². The SMILES string of the molecule is CCNCCc1c2c(nc3cc4c(cc13)OCO4)-c1cc3c(c(=O)n1C2)COC(=O)C3(O)CC. The molecule has 3 aliphatic heterocycles. The van der Waals surface area contributed by atoms with Crippen molar-refractivity contribution in [3.05, 3.63) is 50.8 Å². The highest BCUT2D eigenvalue weighted by Crippen LogP contribution is 2.43. The van der Waals surface area contributed by atoms with Crippen molar-refractivity contribution >= 4 is 16.9 Å². The number of hydrogen-bond donors (Lipinski definition) is 2. The van der Waals surface area contributed by atoms with Gasteiger partial charge in [-0.3, -0.25) is 4.79 Å². The summed E-state index contributed by atoms with van der Waals surface area (Å²) in [5.41, 5.74) is 2.63. The van der Waals surface area contributed by atoms with Crippen LogP contribution in [0.5, 0.6) is 11.5 Å². The fraction of sp³-hybridized carbons (Fsp3) is 0.400. The van der Waals surface area contributed by atoms with E-state index >= 15 is 0 Å². The lowest BCUT2D eigenvalue weighted by atomic mass is 9.86. The molecule has 2 aromatic heterocycles. The van der Waals surface area contributed by atoms with E-state index in [9.17, 15) is 14.7 Å². The van der Waals surface area contributed by atoms with Gasteiger partial charge in [-0.15, -0.1) is 0 Å². The third-order valence-electron chi connectivity index (χ3n) is 7.10. The summed E-state index contributed by atoms with van der Waals surface area (Å²) in [6.45, 7) is 5.79. The predicted octanol–water partition coefficient (Wildman–Crippen LogP) is 1.96. The molecule has 0 bridgehead atoms. The van der Waals surface area contributed by atoms with E-state index in [2.05, 4.69) is 12.2 Å². The van der Waals surface area contributed by atoms with Crippen LogP contribution in [-0.4, -0.2) is 40.5 Å². The third-order valence-corrected chi connectivity index (χ3v) is 7.10. The van der Waals surface area contributed by atoms with Crippen molar-refractivity contribution in [2.45, 2.75) is 45.4 Å². The Bertz CT molecular complexity index is 1430. The van der Waals surface area contributed by atoms with Crippen molar-refractivity contribution in [1.82, 2.24) is 14.9 Å². The molecule has 1 unspecified atom stereocenters. The number of rotatable bonds is 5. The van der Waals surface area contributed by atoms with Crippen LogP contribution in [0.25, 0.3) is 22.3 Å². The van der Waals surface area contributed by atoms with Crippen molar-refractivity contribution in [1.29, 1.82) is 0 Å². The fourth-order valence-electron chi connectivity index (χ4n) is 5.23. The molecule has 3 aliphatic rings. The molecule has 9 nitrogen and oxygen atoms in total. The minimum absolute atomic E-state index is 0.108. The Kier molecular flexibility index (Phi) is 4.69. The molecule has 0 saturated carbocycles. The molecule has 1 aromatic carbocycles. The maximum Gasteiger partial charge on any atom is 0.343 e. The van der Waals surface area contributed by atoms with Crippen LogP contribution in [0, 0.1) is 0 Å². The Balaban J connectivity index is 1.60. The van der Waals surface area contributed by atoms with Gasteiger partial charge in [0.15, 0.2) is 17.1 Å². The van der Waals surface area contributed by atoms with Gasteiger partial charge in [-0.1, -0.05) is 13.8 Å². The van der Waals surface area contributed by atoms with Crippen LogP contribution >= 0.6 is 0 Å². The quantitative estimate of drug-likeness (QED) is 0.341. The second-order valence-electron chi connectivity index (χ2n) is 8.85. The summed E-state index contributed by atoms with van der Waals surface area (Å²) < 4.78 is 18.0. The molecule has 6 rings (SSSR count). The third kappa shape index (κ3) is 2.83. The zero-order valence-electron chi connectivity index (χ0n) is 19.1. The lowest BCUT2D eigenvalue weighted by Crippen LogP contribution is -2.44. The smallest absolute Gasteiger partial charge is 0.343 e. The van der Waals surface area contributed by atoms with Gasteiger partial charge in [0, 0.05) is 22.6 Å². The van der Waals surface area contributed by atoms with Gasteiger partial charge < -0.3 is 29.2 Å². The molecule has 0 fully saturated rings. The largest absolute Gasteiger partial charge is 0.458 e. The molecule has 0 aliphatic carbocycles. The van der Waals surface area contributed by atoms with Crippen LogP contribution in [0.15, 0.2) is 23.0 Å². The predicted molar refractivity (Wildman–Crippen MR) is 123 cm³/mol. The number of pyridine rings is 2. The van der Waals surface area contributed by atoms with Gasteiger partial charge >= 0.3 is 5.97 Å². The van der Waals surface area contributed by atoms with E-state index in [1.54, 1.807) is 17.6 Å². The van der Waals surface area contributed by atoms with E-state index in [4.69, 9.17) is 19.2 Å². The van der Waals surface area contributed by atoms with Crippen LogP contribution in [0.3, 0.4) is 0 Å². The van der Waals surface area contributed by atoms with E-state index in [0.29, 0.717) is 40.6 Å². The molecule has 0 radical (unpaired) electrons. The maximum absolute atomic E-state index is 13.5. The molecular formula is C25H25N3O6. The van der Waals surface area contributed by atoms with E-state index in [1.807, 2.05) is 12.1 Å². The normalized spacial score (nSPS) is 19.7. The van der Waals surface area contributed by atoms with Crippen molar-refractivity contribution in [3.63, 3.8) is 0 Å². The number of fused-ring (bicyclic) bond motifs is 6. The maximum atomic E-state index is 13.5. The summed E-state index contributed by atoms with van der Waals surface area (Å²) in [7, 11) is 0. The Morgan fingerprint density at radius 3 is 2.68 bits per heavy atom. The molecule has 3 aromatic rings. The molecule has 1 atom stereocenters. The van der Waals surface area contributed by atoms with Crippen molar-refractivity contribution in [3.8, 4) is 22.9 Å². The number of carbonyl (C=O) groups is 1. The first-order valence-electron chi connectivity index (χ1n) is 11.6. The molecule has 0 saturated heterocycles. The first kappa shape index (κ1) is 21.1. The second-order valence-corrected chi connectivity index (χ2v) is 8.85. The van der Waals surface area contributed by atoms with Gasteiger partial charge in [-0.25, -0.2) is 9.78 Å². The number of benzene rings is 1. The zero-order chi connectivity index (χ0) is 23.6. The van der Waals surface area contributed by atoms with Crippen molar-refractivity contribution in [2.75, 3.05) is 19.9 Å². The van der Waals surface area contributed by atoms with E-state index < -0.39 is 11.6 Å². The molecule has 0 amide bonds. The number of aromatic nitrogens is 2. The summed E-state index contributed by atoms with van der Waals surface area (Å²) in [5.74, 6) is 0.600. The number of esters is 1. The highest BCUT2D eigenvalue weighted by Gasteiger charge is 2.45. The van der Waals surface area contributed by atoms with Gasteiger partial charge in [0.1, 0.15) is 6.61 Å². The summed E-state index contributed by atoms with van der Waals surface area (Å²) in [4.78, 5) is 30.8. The van der Waals surface area contributed by atoms with Gasteiger partial charge in [0.25, 0.3) is 5.56 Å². The van der Waals surface area contributed by atoms with E-state index in [1.165, 1.54) is 0 Å². The Morgan fingerprint density at radius 2 is 1.91 bits per heavy atom. The molecule has 0 spiro atoms. The standard InChI is InChI=1S/C25H25N3O6/c1-3-25(31)17-8-19-22-15(10-28(19)23(29)16(17)11-32-24(25)30)13(5-6-26-4-2)14-7-20-21(34-12-33-20)9-18(14)27-22/h7-9,26,31H,3-6,10-12H2,1-2H3. The number of likely N-dealkylation sites (N-methyl/N-ethyl adjacent to an activating group) is 1. The lowest BCUT2D eigenvalue weighted by molar-refractivity contribution is -0.172. The molecule has 9 heteroatoms. The summed E-state index contributed by atoms with van der Waals surface area (Å²) in [5, 5.41) is 15.4. The molecular weight excluding hydrogens is 438 g/mol. The van der Waals surface area contributed by atoms with Crippen molar-refractivity contribution < 1.29 is 24.1 Å². The number of nitrogens with one attached hydrogen (secondary N) is 1. The number of nitrogens with zero attached hydrogens (tertiary/aromatic N) is 2. The molecule has 34 heavy (non-hydrogen) atoms. The first-order chi connectivity index (χ1) is 16.5. The highest BCUT2D eigenvalue weighted by atomic mass is 16.7. The fourth-order valence-corrected chi connectivity index (χ4v) is 5.23. The molecule has 5 heterocycles. The number of aliphatic hydroxyl groups is 1. The highest BCUT2D eigenvalue weighted by molar-refractivity contribution is 5.91. The summed E-state index contributed by atoms with van der Waals surface area (Å²) >= 11 is 0. The Morgan fingerprint density at radius 1 is 1.12 bits per heavy atom. The Hall–Kier alpha value is -3.43. The lowest BCUT2D eigenvalue weighted by Gasteiger charge is -2.31. The van der Waals surface area contributed by atoms with Crippen molar-refractivity contribution in [2.24, 2.45) is 0 Å². The average molecular weight is 463 g/mol. The van der Waals surface area contributed by atoms with Gasteiger partial charge in [0.2, 0.25) is 6.79 Å². The minimum Gasteiger partial charge on any atom is -0.458 e. The van der Waals surface area contributed by atoms with Crippen LogP contribution in [0.2, 0.25) is 0 Å². The number of cyclic esters (lactones) is 1. The topological polar surface area (TPSA) is 112 Å². The van der Waals surface area contributed by atoms with Crippen LogP contribution in [0.4, 0.5) is 0 Å². The van der Waals surface area contributed by atoms with Crippen LogP contribution in [-0.2, 0) is 34.7 Å². The van der Waals surface area contributed by atoms with E-state index in [0.717, 1.165) is 41.5 Å². The second kappa shape index (κ2) is 7.54. The number of hydrogen-bond acceptors (Lipinski definition) is 8. The summed E-state index contributed by atoms with van der Waals surface area (Å²) in [6.07, 6.45) is 0.856. The zero-order valence-corrected chi connectivity index (χ0v) is 19.1. The van der Waals surface area contributed by atoms with Gasteiger partial charge in [-0.05, 0) is 43.6 Å². The number of carbonyl (C=O) groups excluding carboxylic acids is 1. The first-order valence-corrected chi connectivity index (χ1v) is 11.6. The molecule has 176 valence electrons. The monoisotopic (exact) mass is 463 g/mol. The summed E-state index contributed by atoms with van der Waals surface area (Å²) in [6, 6.07) is 5.57. The Labute approximate surface area is 195 Å². The minimum atomic E-state index is -1.85.